The van der Waals surface area contributed by atoms with E-state index in [1.807, 2.05) is 39.8 Å². The predicted octanol–water partition coefficient (Wildman–Crippen LogP) is 2.60. The molecule has 0 aromatic carbocycles. The number of aryl methyl sites for hydroxylation is 1. The van der Waals surface area contributed by atoms with Crippen molar-refractivity contribution in [1.82, 2.24) is 14.8 Å². The molecule has 1 unspecified atom stereocenters. The van der Waals surface area contributed by atoms with E-state index in [4.69, 9.17) is 0 Å². The second kappa shape index (κ2) is 6.85. The van der Waals surface area contributed by atoms with Gasteiger partial charge in [-0.15, -0.1) is 11.3 Å². The van der Waals surface area contributed by atoms with Crippen LogP contribution >= 0.6 is 11.3 Å². The maximum absolute atomic E-state index is 12.2. The number of amides is 1. The minimum Gasteiger partial charge on any atom is -0.321 e. The van der Waals surface area contributed by atoms with Crippen LogP contribution in [0.1, 0.15) is 41.4 Å². The van der Waals surface area contributed by atoms with Crippen molar-refractivity contribution < 1.29 is 4.79 Å². The van der Waals surface area contributed by atoms with Crippen LogP contribution in [0.4, 0.5) is 0 Å². The van der Waals surface area contributed by atoms with Crippen molar-refractivity contribution in [1.29, 1.82) is 0 Å². The van der Waals surface area contributed by atoms with Crippen molar-refractivity contribution in [2.75, 3.05) is 20.6 Å². The first-order valence-corrected chi connectivity index (χ1v) is 7.31. The van der Waals surface area contributed by atoms with Crippen LogP contribution in [0.25, 0.3) is 0 Å². The molecule has 2 heterocycles. The lowest BCUT2D eigenvalue weighted by Crippen LogP contribution is -2.43. The molecule has 2 rings (SSSR count). The first-order chi connectivity index (χ1) is 8.59. The highest BCUT2D eigenvalue weighted by Crippen LogP contribution is 2.23. The number of likely N-dealkylation sites (tertiary alicyclic amines) is 1. The summed E-state index contributed by atoms with van der Waals surface area (Å²) in [6.45, 7) is 6.82. The highest BCUT2D eigenvalue weighted by atomic mass is 32.1. The molecule has 0 saturated carbocycles. The molecule has 0 spiro atoms. The molecule has 1 aromatic heterocycles. The van der Waals surface area contributed by atoms with Gasteiger partial charge in [0.25, 0.3) is 5.91 Å². The molecule has 1 atom stereocenters. The monoisotopic (exact) mass is 269 g/mol. The fourth-order valence-electron chi connectivity index (χ4n) is 2.10. The lowest BCUT2D eigenvalue weighted by Gasteiger charge is -2.29. The second-order valence-electron chi connectivity index (χ2n) is 4.36. The average molecular weight is 269 g/mol. The Bertz CT molecular complexity index is 389. The van der Waals surface area contributed by atoms with Crippen LogP contribution in [0.2, 0.25) is 0 Å². The summed E-state index contributed by atoms with van der Waals surface area (Å²) >= 11 is 1.48. The number of hydrogen-bond donors (Lipinski definition) is 0. The van der Waals surface area contributed by atoms with E-state index < -0.39 is 0 Å². The number of carbonyl (C=O) groups is 1. The molecular formula is C13H23N3OS. The quantitative estimate of drug-likeness (QED) is 0.828. The third-order valence-corrected chi connectivity index (χ3v) is 3.78. The number of hydrogen-bond acceptors (Lipinski definition) is 4. The Balaban J connectivity index is 0.000000771. The first-order valence-electron chi connectivity index (χ1n) is 6.49. The lowest BCUT2D eigenvalue weighted by atomic mass is 10.3. The molecule has 0 radical (unpaired) electrons. The van der Waals surface area contributed by atoms with E-state index in [1.165, 1.54) is 11.3 Å². The van der Waals surface area contributed by atoms with E-state index in [1.54, 1.807) is 6.20 Å². The van der Waals surface area contributed by atoms with Gasteiger partial charge in [0.05, 0.1) is 6.17 Å². The van der Waals surface area contributed by atoms with Crippen LogP contribution in [0.15, 0.2) is 6.20 Å². The van der Waals surface area contributed by atoms with Crippen molar-refractivity contribution in [3.05, 3.63) is 16.1 Å². The molecule has 1 aromatic rings. The standard InChI is InChI=1S/C11H17N3OS.C2H6/c1-8-7-12-10(16-8)11(15)14-6-4-5-9(14)13(2)3;1-2/h7,9H,4-6H2,1-3H3;1-2H3. The number of aromatic nitrogens is 1. The highest BCUT2D eigenvalue weighted by Gasteiger charge is 2.31. The van der Waals surface area contributed by atoms with Gasteiger partial charge in [-0.2, -0.15) is 0 Å². The van der Waals surface area contributed by atoms with Gasteiger partial charge < -0.3 is 4.90 Å². The number of nitrogens with zero attached hydrogens (tertiary/aromatic N) is 3. The summed E-state index contributed by atoms with van der Waals surface area (Å²) in [5, 5.41) is 0.617. The van der Waals surface area contributed by atoms with Crippen molar-refractivity contribution >= 4 is 17.2 Å². The second-order valence-corrected chi connectivity index (χ2v) is 5.60. The van der Waals surface area contributed by atoms with Gasteiger partial charge in [0, 0.05) is 17.6 Å². The normalized spacial score (nSPS) is 18.8. The van der Waals surface area contributed by atoms with Gasteiger partial charge in [0.1, 0.15) is 0 Å². The van der Waals surface area contributed by atoms with Crippen molar-refractivity contribution in [2.24, 2.45) is 0 Å². The molecule has 1 aliphatic heterocycles. The SMILES string of the molecule is CC.Cc1cnc(C(=O)N2CCCC2N(C)C)s1. The van der Waals surface area contributed by atoms with E-state index >= 15 is 0 Å². The molecule has 4 nitrogen and oxygen atoms in total. The smallest absolute Gasteiger partial charge is 0.284 e. The molecule has 1 aliphatic rings. The van der Waals surface area contributed by atoms with Gasteiger partial charge in [-0.25, -0.2) is 4.98 Å². The molecule has 1 fully saturated rings. The van der Waals surface area contributed by atoms with Crippen LogP contribution in [-0.4, -0.2) is 47.5 Å². The maximum atomic E-state index is 12.2. The number of carbonyl (C=O) groups excluding carboxylic acids is 1. The maximum Gasteiger partial charge on any atom is 0.284 e. The van der Waals surface area contributed by atoms with Crippen molar-refractivity contribution in [3.63, 3.8) is 0 Å². The summed E-state index contributed by atoms with van der Waals surface area (Å²) in [4.78, 5) is 21.5. The Morgan fingerprint density at radius 1 is 1.50 bits per heavy atom. The summed E-state index contributed by atoms with van der Waals surface area (Å²) in [5.41, 5.74) is 0. The summed E-state index contributed by atoms with van der Waals surface area (Å²) in [5.74, 6) is 0.0781. The summed E-state index contributed by atoms with van der Waals surface area (Å²) in [7, 11) is 4.03. The Hall–Kier alpha value is -0.940. The number of rotatable bonds is 2. The molecule has 0 N–H and O–H groups in total. The molecule has 0 bridgehead atoms. The zero-order valence-corrected chi connectivity index (χ0v) is 12.8. The summed E-state index contributed by atoms with van der Waals surface area (Å²) in [6, 6.07) is 0. The Labute approximate surface area is 114 Å². The minimum absolute atomic E-state index is 0.0781. The molecular weight excluding hydrogens is 246 g/mol. The van der Waals surface area contributed by atoms with Crippen LogP contribution in [0.3, 0.4) is 0 Å². The lowest BCUT2D eigenvalue weighted by molar-refractivity contribution is 0.0584. The van der Waals surface area contributed by atoms with Crippen LogP contribution in [0.5, 0.6) is 0 Å². The molecule has 102 valence electrons. The van der Waals surface area contributed by atoms with Gasteiger partial charge >= 0.3 is 0 Å². The van der Waals surface area contributed by atoms with Gasteiger partial charge in [-0.1, -0.05) is 13.8 Å². The molecule has 18 heavy (non-hydrogen) atoms. The highest BCUT2D eigenvalue weighted by molar-refractivity contribution is 7.13. The predicted molar refractivity (Wildman–Crippen MR) is 75.9 cm³/mol. The van der Waals surface area contributed by atoms with Crippen molar-refractivity contribution in [3.8, 4) is 0 Å². The van der Waals surface area contributed by atoms with E-state index in [0.29, 0.717) is 5.01 Å². The summed E-state index contributed by atoms with van der Waals surface area (Å²) in [6.07, 6.45) is 4.14. The third-order valence-electron chi connectivity index (χ3n) is 2.88. The Morgan fingerprint density at radius 2 is 2.17 bits per heavy atom. The zero-order valence-electron chi connectivity index (χ0n) is 11.9. The molecule has 0 aliphatic carbocycles. The average Bonchev–Trinajstić information content (AvgIpc) is 2.99. The molecule has 5 heteroatoms. The van der Waals surface area contributed by atoms with Gasteiger partial charge in [-0.3, -0.25) is 9.69 Å². The van der Waals surface area contributed by atoms with Gasteiger partial charge in [0.2, 0.25) is 0 Å². The van der Waals surface area contributed by atoms with Crippen LogP contribution in [0, 0.1) is 6.92 Å². The topological polar surface area (TPSA) is 36.4 Å². The van der Waals surface area contributed by atoms with Gasteiger partial charge in [0.15, 0.2) is 5.01 Å². The van der Waals surface area contributed by atoms with E-state index in [9.17, 15) is 4.79 Å². The van der Waals surface area contributed by atoms with E-state index in [0.717, 1.165) is 24.3 Å². The van der Waals surface area contributed by atoms with Gasteiger partial charge in [-0.05, 0) is 33.9 Å². The Morgan fingerprint density at radius 3 is 2.67 bits per heavy atom. The third kappa shape index (κ3) is 3.29. The van der Waals surface area contributed by atoms with E-state index in [-0.39, 0.29) is 12.1 Å². The fourth-order valence-corrected chi connectivity index (χ4v) is 2.82. The first kappa shape index (κ1) is 15.1. The Kier molecular flexibility index (Phi) is 5.75. The van der Waals surface area contributed by atoms with Crippen LogP contribution in [-0.2, 0) is 0 Å². The van der Waals surface area contributed by atoms with Crippen molar-refractivity contribution in [2.45, 2.75) is 39.8 Å². The minimum atomic E-state index is 0.0781. The van der Waals surface area contributed by atoms with Crippen LogP contribution < -0.4 is 0 Å². The zero-order chi connectivity index (χ0) is 13.7. The largest absolute Gasteiger partial charge is 0.321 e. The summed E-state index contributed by atoms with van der Waals surface area (Å²) < 4.78 is 0. The molecule has 1 saturated heterocycles. The number of thiazole rings is 1. The van der Waals surface area contributed by atoms with E-state index in [2.05, 4.69) is 9.88 Å². The fraction of sp³-hybridized carbons (Fsp3) is 0.692. The molecule has 1 amide bonds.